The third-order valence-electron chi connectivity index (χ3n) is 1.37. The van der Waals surface area contributed by atoms with Crippen LogP contribution in [0.25, 0.3) is 0 Å². The summed E-state index contributed by atoms with van der Waals surface area (Å²) < 4.78 is 28.1. The van der Waals surface area contributed by atoms with Crippen molar-refractivity contribution in [2.24, 2.45) is 0 Å². The lowest BCUT2D eigenvalue weighted by atomic mass is 10.2. The van der Waals surface area contributed by atoms with E-state index in [0.717, 1.165) is 0 Å². The fourth-order valence-electron chi connectivity index (χ4n) is 0.837. The molecule has 13 heavy (non-hydrogen) atoms. The summed E-state index contributed by atoms with van der Waals surface area (Å²) in [6.45, 7) is -0.650. The smallest absolute Gasteiger partial charge is 0.272 e. The van der Waals surface area contributed by atoms with Gasteiger partial charge >= 0.3 is 0 Å². The topological polar surface area (TPSA) is 26.3 Å². The van der Waals surface area contributed by atoms with Gasteiger partial charge in [-0.25, -0.2) is 8.78 Å². The van der Waals surface area contributed by atoms with Crippen LogP contribution in [0.5, 0.6) is 5.75 Å². The van der Waals surface area contributed by atoms with Gasteiger partial charge in [0.15, 0.2) is 0 Å². The number of carbonyl (C=O) groups is 1. The fourth-order valence-corrected chi connectivity index (χ4v) is 0.837. The van der Waals surface area contributed by atoms with E-state index in [1.807, 2.05) is 0 Å². The normalized spacial score (nSPS) is 10.1. The Balaban J connectivity index is 2.61. The Kier molecular flexibility index (Phi) is 3.37. The molecule has 70 valence electrons. The zero-order valence-electron chi connectivity index (χ0n) is 6.74. The van der Waals surface area contributed by atoms with Gasteiger partial charge in [-0.1, -0.05) is 12.1 Å². The van der Waals surface area contributed by atoms with Crippen LogP contribution in [0.3, 0.4) is 0 Å². The van der Waals surface area contributed by atoms with E-state index in [9.17, 15) is 13.6 Å². The molecule has 0 saturated heterocycles. The number of halogens is 2. The molecule has 0 saturated carbocycles. The van der Waals surface area contributed by atoms with E-state index in [4.69, 9.17) is 4.74 Å². The Hall–Kier alpha value is -1.45. The molecule has 0 aromatic heterocycles. The lowest BCUT2D eigenvalue weighted by Gasteiger charge is -2.04. The van der Waals surface area contributed by atoms with Crippen LogP contribution in [0.15, 0.2) is 24.3 Å². The van der Waals surface area contributed by atoms with Gasteiger partial charge < -0.3 is 4.74 Å². The van der Waals surface area contributed by atoms with E-state index in [1.54, 1.807) is 12.1 Å². The molecule has 0 fully saturated rings. The van der Waals surface area contributed by atoms with Crippen LogP contribution in [0.1, 0.15) is 10.4 Å². The average Bonchev–Trinajstić information content (AvgIpc) is 2.15. The molecule has 0 aliphatic carbocycles. The van der Waals surface area contributed by atoms with Crippen LogP contribution in [0.2, 0.25) is 0 Å². The lowest BCUT2D eigenvalue weighted by Crippen LogP contribution is -2.06. The fraction of sp³-hybridized carbons (Fsp3) is 0.222. The molecule has 0 N–H and O–H groups in total. The van der Waals surface area contributed by atoms with Crippen molar-refractivity contribution in [3.63, 3.8) is 0 Å². The minimum atomic E-state index is -2.50. The number of hydrogen-bond acceptors (Lipinski definition) is 2. The highest BCUT2D eigenvalue weighted by atomic mass is 19.3. The summed E-state index contributed by atoms with van der Waals surface area (Å²) >= 11 is 0. The van der Waals surface area contributed by atoms with Crippen LogP contribution < -0.4 is 4.74 Å². The Morgan fingerprint density at radius 3 is 2.85 bits per heavy atom. The minimum absolute atomic E-state index is 0.282. The number of ether oxygens (including phenoxy) is 1. The van der Waals surface area contributed by atoms with E-state index in [-0.39, 0.29) is 5.75 Å². The van der Waals surface area contributed by atoms with Crippen LogP contribution in [-0.2, 0) is 0 Å². The van der Waals surface area contributed by atoms with Crippen molar-refractivity contribution in [2.75, 3.05) is 6.61 Å². The highest BCUT2D eigenvalue weighted by Crippen LogP contribution is 2.12. The highest BCUT2D eigenvalue weighted by molar-refractivity contribution is 5.75. The van der Waals surface area contributed by atoms with Gasteiger partial charge in [0.25, 0.3) is 6.43 Å². The van der Waals surface area contributed by atoms with Gasteiger partial charge in [-0.05, 0) is 12.1 Å². The number of rotatable bonds is 4. The van der Waals surface area contributed by atoms with Gasteiger partial charge in [0.1, 0.15) is 18.6 Å². The number of hydrogen-bond donors (Lipinski definition) is 0. The number of benzene rings is 1. The van der Waals surface area contributed by atoms with Crippen LogP contribution >= 0.6 is 0 Å². The molecule has 4 heteroatoms. The van der Waals surface area contributed by atoms with Crippen LogP contribution in [0, 0.1) is 0 Å². The minimum Gasteiger partial charge on any atom is -0.488 e. The van der Waals surface area contributed by atoms with Crippen molar-refractivity contribution in [3.8, 4) is 5.75 Å². The summed E-state index contributed by atoms with van der Waals surface area (Å²) in [4.78, 5) is 10.3. The standard InChI is InChI=1S/C9H8F2O2/c10-9(11)6-13-8-3-1-2-7(4-8)5-12/h1-5,9H,6H2. The summed E-state index contributed by atoms with van der Waals surface area (Å²) in [5.74, 6) is 0.282. The molecule has 2 nitrogen and oxygen atoms in total. The Bertz CT molecular complexity index is 287. The van der Waals surface area contributed by atoms with Gasteiger partial charge in [-0.3, -0.25) is 4.79 Å². The maximum absolute atomic E-state index is 11.7. The maximum Gasteiger partial charge on any atom is 0.272 e. The summed E-state index contributed by atoms with van der Waals surface area (Å²) in [5, 5.41) is 0. The largest absolute Gasteiger partial charge is 0.488 e. The average molecular weight is 186 g/mol. The third kappa shape index (κ3) is 3.19. The zero-order valence-corrected chi connectivity index (χ0v) is 6.74. The van der Waals surface area contributed by atoms with E-state index in [1.165, 1.54) is 12.1 Å². The quantitative estimate of drug-likeness (QED) is 0.673. The number of alkyl halides is 2. The molecule has 0 atom stereocenters. The molecular weight excluding hydrogens is 178 g/mol. The lowest BCUT2D eigenvalue weighted by molar-refractivity contribution is 0.0818. The van der Waals surface area contributed by atoms with Crippen molar-refractivity contribution in [3.05, 3.63) is 29.8 Å². The summed E-state index contributed by atoms with van der Waals surface area (Å²) in [6, 6.07) is 6.08. The van der Waals surface area contributed by atoms with Crippen LogP contribution in [0.4, 0.5) is 8.78 Å². The monoisotopic (exact) mass is 186 g/mol. The first-order chi connectivity index (χ1) is 6.22. The van der Waals surface area contributed by atoms with E-state index in [0.29, 0.717) is 11.8 Å². The molecule has 0 aliphatic heterocycles. The van der Waals surface area contributed by atoms with Crippen LogP contribution in [-0.4, -0.2) is 19.3 Å². The maximum atomic E-state index is 11.7. The van der Waals surface area contributed by atoms with Gasteiger partial charge in [-0.2, -0.15) is 0 Å². The molecule has 0 radical (unpaired) electrons. The molecule has 1 aromatic rings. The van der Waals surface area contributed by atoms with E-state index < -0.39 is 13.0 Å². The SMILES string of the molecule is O=Cc1cccc(OCC(F)F)c1. The molecule has 0 spiro atoms. The highest BCUT2D eigenvalue weighted by Gasteiger charge is 2.03. The van der Waals surface area contributed by atoms with Crippen molar-refractivity contribution in [2.45, 2.75) is 6.43 Å². The van der Waals surface area contributed by atoms with Gasteiger partial charge in [0, 0.05) is 5.56 Å². The molecular formula is C9H8F2O2. The van der Waals surface area contributed by atoms with Crippen molar-refractivity contribution in [1.82, 2.24) is 0 Å². The van der Waals surface area contributed by atoms with E-state index >= 15 is 0 Å². The second kappa shape index (κ2) is 4.54. The second-order valence-corrected chi connectivity index (χ2v) is 2.39. The van der Waals surface area contributed by atoms with Crippen molar-refractivity contribution in [1.29, 1.82) is 0 Å². The first-order valence-corrected chi connectivity index (χ1v) is 3.68. The first-order valence-electron chi connectivity index (χ1n) is 3.68. The van der Waals surface area contributed by atoms with E-state index in [2.05, 4.69) is 0 Å². The summed E-state index contributed by atoms with van der Waals surface area (Å²) in [7, 11) is 0. The number of carbonyl (C=O) groups excluding carboxylic acids is 1. The van der Waals surface area contributed by atoms with Crippen molar-refractivity contribution >= 4 is 6.29 Å². The number of aldehydes is 1. The molecule has 0 aliphatic rings. The van der Waals surface area contributed by atoms with Crippen molar-refractivity contribution < 1.29 is 18.3 Å². The Morgan fingerprint density at radius 1 is 1.46 bits per heavy atom. The predicted molar refractivity (Wildman–Crippen MR) is 43.3 cm³/mol. The zero-order chi connectivity index (χ0) is 9.68. The molecule has 0 unspecified atom stereocenters. The van der Waals surface area contributed by atoms with Gasteiger partial charge in [0.2, 0.25) is 0 Å². The molecule has 0 amide bonds. The molecule has 1 aromatic carbocycles. The summed E-state index contributed by atoms with van der Waals surface area (Å²) in [5.41, 5.74) is 0.409. The predicted octanol–water partition coefficient (Wildman–Crippen LogP) is 2.14. The third-order valence-corrected chi connectivity index (χ3v) is 1.37. The molecule has 1 rings (SSSR count). The Labute approximate surface area is 74.1 Å². The molecule has 0 heterocycles. The van der Waals surface area contributed by atoms with Gasteiger partial charge in [0.05, 0.1) is 0 Å². The Morgan fingerprint density at radius 2 is 2.23 bits per heavy atom. The summed E-state index contributed by atoms with van der Waals surface area (Å²) in [6.07, 6.45) is -1.87. The molecule has 0 bridgehead atoms. The first kappa shape index (κ1) is 9.64. The second-order valence-electron chi connectivity index (χ2n) is 2.39. The van der Waals surface area contributed by atoms with Gasteiger partial charge in [-0.15, -0.1) is 0 Å².